The van der Waals surface area contributed by atoms with Gasteiger partial charge in [0.1, 0.15) is 11.3 Å². The number of benzene rings is 1. The minimum atomic E-state index is -0.0506. The summed E-state index contributed by atoms with van der Waals surface area (Å²) in [4.78, 5) is 23.2. The van der Waals surface area contributed by atoms with Crippen LogP contribution in [0.2, 0.25) is 0 Å². The standard InChI is InChI=1S/C22H20N6O3/c1-30-20-18-15(8-5-9-24-18)21(28-11-10-23-16(29)13-28)25-19(20)22-27-26-17(31-22)12-14-6-3-2-4-7-14/h2-9H,10-13H2,1H3,(H,23,29). The van der Waals surface area contributed by atoms with Crippen molar-refractivity contribution >= 4 is 22.6 Å². The third-order valence-electron chi connectivity index (χ3n) is 5.11. The predicted molar refractivity (Wildman–Crippen MR) is 114 cm³/mol. The van der Waals surface area contributed by atoms with Crippen molar-refractivity contribution in [3.63, 3.8) is 0 Å². The summed E-state index contributed by atoms with van der Waals surface area (Å²) in [6, 6.07) is 13.6. The van der Waals surface area contributed by atoms with E-state index in [1.165, 1.54) is 0 Å². The van der Waals surface area contributed by atoms with Gasteiger partial charge < -0.3 is 19.4 Å². The van der Waals surface area contributed by atoms with Gasteiger partial charge in [-0.15, -0.1) is 10.2 Å². The van der Waals surface area contributed by atoms with E-state index in [1.807, 2.05) is 47.4 Å². The summed E-state index contributed by atoms with van der Waals surface area (Å²) in [5, 5.41) is 12.0. The van der Waals surface area contributed by atoms with E-state index in [0.29, 0.717) is 48.2 Å². The molecule has 1 amide bonds. The molecule has 4 heterocycles. The molecule has 0 bridgehead atoms. The molecule has 0 atom stereocenters. The van der Waals surface area contributed by atoms with Gasteiger partial charge in [-0.2, -0.15) is 0 Å². The normalized spacial score (nSPS) is 14.0. The van der Waals surface area contributed by atoms with E-state index in [1.54, 1.807) is 13.3 Å². The summed E-state index contributed by atoms with van der Waals surface area (Å²) in [6.45, 7) is 1.40. The Morgan fingerprint density at radius 2 is 2.03 bits per heavy atom. The van der Waals surface area contributed by atoms with E-state index in [2.05, 4.69) is 20.5 Å². The Bertz CT molecular complexity index is 1240. The van der Waals surface area contributed by atoms with Gasteiger partial charge in [0.05, 0.1) is 20.1 Å². The highest BCUT2D eigenvalue weighted by atomic mass is 16.5. The van der Waals surface area contributed by atoms with Crippen LogP contribution < -0.4 is 15.0 Å². The van der Waals surface area contributed by atoms with E-state index in [4.69, 9.17) is 14.1 Å². The Labute approximate surface area is 178 Å². The molecule has 5 rings (SSSR count). The molecule has 0 aliphatic carbocycles. The van der Waals surface area contributed by atoms with Crippen molar-refractivity contribution in [3.8, 4) is 17.3 Å². The molecule has 31 heavy (non-hydrogen) atoms. The van der Waals surface area contributed by atoms with Gasteiger partial charge in [0.25, 0.3) is 5.89 Å². The van der Waals surface area contributed by atoms with Gasteiger partial charge in [0.15, 0.2) is 11.4 Å². The highest BCUT2D eigenvalue weighted by Crippen LogP contribution is 2.38. The minimum absolute atomic E-state index is 0.0506. The number of hydrogen-bond acceptors (Lipinski definition) is 8. The predicted octanol–water partition coefficient (Wildman–Crippen LogP) is 2.22. The molecule has 1 aromatic carbocycles. The van der Waals surface area contributed by atoms with Gasteiger partial charge in [0.2, 0.25) is 11.8 Å². The Morgan fingerprint density at radius 3 is 2.84 bits per heavy atom. The van der Waals surface area contributed by atoms with Gasteiger partial charge >= 0.3 is 0 Å². The van der Waals surface area contributed by atoms with E-state index in [9.17, 15) is 4.79 Å². The largest absolute Gasteiger partial charge is 0.492 e. The van der Waals surface area contributed by atoms with E-state index in [-0.39, 0.29) is 18.3 Å². The van der Waals surface area contributed by atoms with Crippen LogP contribution in [0, 0.1) is 0 Å². The second kappa shape index (κ2) is 8.02. The number of hydrogen-bond donors (Lipinski definition) is 1. The molecule has 156 valence electrons. The number of nitrogens with one attached hydrogen (secondary N) is 1. The number of pyridine rings is 2. The van der Waals surface area contributed by atoms with Crippen LogP contribution >= 0.6 is 0 Å². The molecule has 0 unspecified atom stereocenters. The zero-order valence-electron chi connectivity index (χ0n) is 16.9. The third kappa shape index (κ3) is 3.65. The number of carbonyl (C=O) groups is 1. The number of amides is 1. The van der Waals surface area contributed by atoms with Crippen molar-refractivity contribution in [2.45, 2.75) is 6.42 Å². The van der Waals surface area contributed by atoms with Crippen molar-refractivity contribution in [1.29, 1.82) is 0 Å². The molecule has 0 saturated carbocycles. The van der Waals surface area contributed by atoms with Gasteiger partial charge in [-0.05, 0) is 17.7 Å². The molecule has 4 aromatic rings. The maximum absolute atomic E-state index is 12.0. The monoisotopic (exact) mass is 416 g/mol. The molecule has 9 nitrogen and oxygen atoms in total. The molecule has 0 spiro atoms. The molecule has 3 aromatic heterocycles. The Balaban J connectivity index is 1.60. The fourth-order valence-electron chi connectivity index (χ4n) is 3.69. The van der Waals surface area contributed by atoms with Crippen LogP contribution in [-0.4, -0.2) is 52.8 Å². The molecule has 0 radical (unpaired) electrons. The number of rotatable bonds is 5. The van der Waals surface area contributed by atoms with Crippen molar-refractivity contribution in [3.05, 3.63) is 60.1 Å². The fraction of sp³-hybridized carbons (Fsp3) is 0.227. The number of aromatic nitrogens is 4. The summed E-state index contributed by atoms with van der Waals surface area (Å²) in [5.74, 6) is 1.76. The molecule has 1 N–H and O–H groups in total. The smallest absolute Gasteiger partial charge is 0.270 e. The lowest BCUT2D eigenvalue weighted by atomic mass is 10.1. The Hall–Kier alpha value is -4.01. The highest BCUT2D eigenvalue weighted by Gasteiger charge is 2.26. The third-order valence-corrected chi connectivity index (χ3v) is 5.11. The average molecular weight is 416 g/mol. The van der Waals surface area contributed by atoms with Crippen molar-refractivity contribution in [2.24, 2.45) is 0 Å². The number of methoxy groups -OCH3 is 1. The zero-order valence-corrected chi connectivity index (χ0v) is 16.9. The summed E-state index contributed by atoms with van der Waals surface area (Å²) in [5.41, 5.74) is 2.10. The number of carbonyl (C=O) groups excluding carboxylic acids is 1. The summed E-state index contributed by atoms with van der Waals surface area (Å²) in [7, 11) is 1.56. The van der Waals surface area contributed by atoms with Gasteiger partial charge in [-0.3, -0.25) is 9.78 Å². The van der Waals surface area contributed by atoms with Gasteiger partial charge in [-0.25, -0.2) is 4.98 Å². The maximum Gasteiger partial charge on any atom is 0.270 e. The molecular weight excluding hydrogens is 396 g/mol. The molecule has 1 aliphatic rings. The van der Waals surface area contributed by atoms with Crippen LogP contribution in [0.15, 0.2) is 53.1 Å². The number of anilines is 1. The second-order valence-corrected chi connectivity index (χ2v) is 7.15. The average Bonchev–Trinajstić information content (AvgIpc) is 3.27. The summed E-state index contributed by atoms with van der Waals surface area (Å²) in [6.07, 6.45) is 2.21. The first-order valence-corrected chi connectivity index (χ1v) is 9.94. The van der Waals surface area contributed by atoms with Crippen LogP contribution in [0.3, 0.4) is 0 Å². The van der Waals surface area contributed by atoms with Crippen LogP contribution in [0.4, 0.5) is 5.82 Å². The van der Waals surface area contributed by atoms with Gasteiger partial charge in [0, 0.05) is 24.7 Å². The Kier molecular flexibility index (Phi) is 4.91. The zero-order chi connectivity index (χ0) is 21.2. The first kappa shape index (κ1) is 19.0. The van der Waals surface area contributed by atoms with Crippen LogP contribution in [0.1, 0.15) is 11.5 Å². The topological polar surface area (TPSA) is 106 Å². The Morgan fingerprint density at radius 1 is 1.16 bits per heavy atom. The van der Waals surface area contributed by atoms with Crippen LogP contribution in [-0.2, 0) is 11.2 Å². The first-order valence-electron chi connectivity index (χ1n) is 9.94. The summed E-state index contributed by atoms with van der Waals surface area (Å²) < 4.78 is 11.6. The van der Waals surface area contributed by atoms with E-state index >= 15 is 0 Å². The highest BCUT2D eigenvalue weighted by molar-refractivity contribution is 5.98. The van der Waals surface area contributed by atoms with Crippen molar-refractivity contribution < 1.29 is 13.9 Å². The maximum atomic E-state index is 12.0. The lowest BCUT2D eigenvalue weighted by Gasteiger charge is -2.29. The van der Waals surface area contributed by atoms with E-state index < -0.39 is 0 Å². The van der Waals surface area contributed by atoms with Gasteiger partial charge in [-0.1, -0.05) is 30.3 Å². The number of ether oxygens (including phenoxy) is 1. The molecular formula is C22H20N6O3. The SMILES string of the molecule is COc1c(-c2nnc(Cc3ccccc3)o2)nc(N2CCNC(=O)C2)c2cccnc12. The molecule has 1 saturated heterocycles. The number of nitrogens with zero attached hydrogens (tertiary/aromatic N) is 5. The van der Waals surface area contributed by atoms with Crippen molar-refractivity contribution in [2.75, 3.05) is 31.6 Å². The van der Waals surface area contributed by atoms with Crippen molar-refractivity contribution in [1.82, 2.24) is 25.5 Å². The molecule has 1 fully saturated rings. The van der Waals surface area contributed by atoms with E-state index in [0.717, 1.165) is 10.9 Å². The molecule has 1 aliphatic heterocycles. The number of fused-ring (bicyclic) bond motifs is 1. The van der Waals surface area contributed by atoms with Crippen LogP contribution in [0.25, 0.3) is 22.5 Å². The first-order chi connectivity index (χ1) is 15.2. The molecule has 9 heteroatoms. The second-order valence-electron chi connectivity index (χ2n) is 7.15. The fourth-order valence-corrected chi connectivity index (χ4v) is 3.69. The minimum Gasteiger partial charge on any atom is -0.492 e. The lowest BCUT2D eigenvalue weighted by molar-refractivity contribution is -0.120. The summed E-state index contributed by atoms with van der Waals surface area (Å²) >= 11 is 0. The quantitative estimate of drug-likeness (QED) is 0.528. The van der Waals surface area contributed by atoms with Crippen LogP contribution in [0.5, 0.6) is 5.75 Å². The number of piperazine rings is 1. The lowest BCUT2D eigenvalue weighted by Crippen LogP contribution is -2.48.